The van der Waals surface area contributed by atoms with Gasteiger partial charge in [-0.15, -0.1) is 0 Å². The van der Waals surface area contributed by atoms with Gasteiger partial charge in [-0.05, 0) is 55.8 Å². The topological polar surface area (TPSA) is 108 Å². The molecule has 34 heavy (non-hydrogen) atoms. The van der Waals surface area contributed by atoms with Crippen LogP contribution in [0.25, 0.3) is 22.2 Å². The summed E-state index contributed by atoms with van der Waals surface area (Å²) < 4.78 is 16.8. The Bertz CT molecular complexity index is 1410. The van der Waals surface area contributed by atoms with E-state index in [9.17, 15) is 9.59 Å². The van der Waals surface area contributed by atoms with Gasteiger partial charge in [-0.3, -0.25) is 9.59 Å². The normalized spacial score (nSPS) is 11.9. The summed E-state index contributed by atoms with van der Waals surface area (Å²) in [5.74, 6) is 1.21. The van der Waals surface area contributed by atoms with Gasteiger partial charge in [0.15, 0.2) is 5.52 Å². The predicted molar refractivity (Wildman–Crippen MR) is 129 cm³/mol. The lowest BCUT2D eigenvalue weighted by molar-refractivity contribution is -0.119. The Morgan fingerprint density at radius 1 is 1.18 bits per heavy atom. The van der Waals surface area contributed by atoms with E-state index in [1.807, 2.05) is 12.1 Å². The molecule has 1 amide bonds. The highest BCUT2D eigenvalue weighted by atomic mass is 35.5. The largest absolute Gasteiger partial charge is 0.497 e. The lowest BCUT2D eigenvalue weighted by Crippen LogP contribution is -2.35. The van der Waals surface area contributed by atoms with Crippen LogP contribution in [0.15, 0.2) is 51.8 Å². The SMILES string of the molecule is CCC(C(=O)Nc1ccc(OC)c(Cl)c1)n1nc(-c2ccc(OC)cc2)c2c(C)onc2c1=O. The number of hydrogen-bond acceptors (Lipinski definition) is 7. The number of carbonyl (C=O) groups excluding carboxylic acids is 1. The average Bonchev–Trinajstić information content (AvgIpc) is 3.23. The third kappa shape index (κ3) is 4.22. The number of hydrogen-bond donors (Lipinski definition) is 1. The van der Waals surface area contributed by atoms with Gasteiger partial charge in [0.25, 0.3) is 5.56 Å². The van der Waals surface area contributed by atoms with E-state index in [2.05, 4.69) is 15.6 Å². The first-order chi connectivity index (χ1) is 16.4. The van der Waals surface area contributed by atoms with Crippen molar-refractivity contribution < 1.29 is 18.8 Å². The number of amides is 1. The van der Waals surface area contributed by atoms with Gasteiger partial charge in [0.1, 0.15) is 29.0 Å². The van der Waals surface area contributed by atoms with Gasteiger partial charge in [-0.2, -0.15) is 5.10 Å². The van der Waals surface area contributed by atoms with E-state index in [1.54, 1.807) is 51.3 Å². The van der Waals surface area contributed by atoms with Crippen LogP contribution >= 0.6 is 11.6 Å². The van der Waals surface area contributed by atoms with Crippen LogP contribution in [0.5, 0.6) is 11.5 Å². The lowest BCUT2D eigenvalue weighted by Gasteiger charge is -2.18. The van der Waals surface area contributed by atoms with Gasteiger partial charge in [0, 0.05) is 11.3 Å². The standard InChI is InChI=1S/C24H23ClN4O5/c1-5-18(23(30)26-15-8-11-19(33-4)17(25)12-15)29-24(31)22-20(13(2)34-28-22)21(27-29)14-6-9-16(32-3)10-7-14/h6-12,18H,5H2,1-4H3,(H,26,30). The number of fused-ring (bicyclic) bond motifs is 1. The van der Waals surface area contributed by atoms with Crippen molar-refractivity contribution in [3.05, 3.63) is 63.6 Å². The van der Waals surface area contributed by atoms with Crippen LogP contribution in [-0.4, -0.2) is 35.1 Å². The average molecular weight is 483 g/mol. The van der Waals surface area contributed by atoms with Crippen molar-refractivity contribution >= 4 is 34.1 Å². The minimum absolute atomic E-state index is 0.108. The van der Waals surface area contributed by atoms with Crippen LogP contribution in [0.2, 0.25) is 5.02 Å². The van der Waals surface area contributed by atoms with Crippen LogP contribution in [-0.2, 0) is 4.79 Å². The Hall–Kier alpha value is -3.85. The molecule has 0 aliphatic heterocycles. The second kappa shape index (κ2) is 9.56. The van der Waals surface area contributed by atoms with Gasteiger partial charge in [-0.25, -0.2) is 4.68 Å². The maximum atomic E-state index is 13.3. The molecule has 2 aromatic carbocycles. The zero-order chi connectivity index (χ0) is 24.4. The zero-order valence-corrected chi connectivity index (χ0v) is 19.8. The first-order valence-corrected chi connectivity index (χ1v) is 10.9. The van der Waals surface area contributed by atoms with Crippen molar-refractivity contribution in [1.82, 2.24) is 14.9 Å². The molecule has 2 heterocycles. The maximum Gasteiger partial charge on any atom is 0.297 e. The molecule has 0 saturated carbocycles. The fourth-order valence-electron chi connectivity index (χ4n) is 3.71. The molecule has 4 aromatic rings. The molecule has 10 heteroatoms. The van der Waals surface area contributed by atoms with Crippen molar-refractivity contribution in [1.29, 1.82) is 0 Å². The second-order valence-corrected chi connectivity index (χ2v) is 7.96. The van der Waals surface area contributed by atoms with E-state index >= 15 is 0 Å². The van der Waals surface area contributed by atoms with Gasteiger partial charge in [0.2, 0.25) is 5.91 Å². The molecule has 0 aliphatic rings. The van der Waals surface area contributed by atoms with Crippen molar-refractivity contribution in [2.45, 2.75) is 26.3 Å². The van der Waals surface area contributed by atoms with Crippen LogP contribution < -0.4 is 20.3 Å². The lowest BCUT2D eigenvalue weighted by atomic mass is 10.1. The fraction of sp³-hybridized carbons (Fsp3) is 0.250. The molecule has 176 valence electrons. The third-order valence-electron chi connectivity index (χ3n) is 5.49. The molecular formula is C24H23ClN4O5. The quantitative estimate of drug-likeness (QED) is 0.409. The molecule has 0 spiro atoms. The monoisotopic (exact) mass is 482 g/mol. The molecule has 4 rings (SSSR count). The minimum Gasteiger partial charge on any atom is -0.497 e. The number of aromatic nitrogens is 3. The highest BCUT2D eigenvalue weighted by Crippen LogP contribution is 2.30. The number of halogens is 1. The van der Waals surface area contributed by atoms with Gasteiger partial charge in [-0.1, -0.05) is 23.7 Å². The first-order valence-electron chi connectivity index (χ1n) is 10.6. The molecule has 2 aromatic heterocycles. The Morgan fingerprint density at radius 3 is 2.53 bits per heavy atom. The summed E-state index contributed by atoms with van der Waals surface area (Å²) in [6.45, 7) is 3.51. The molecular weight excluding hydrogens is 460 g/mol. The summed E-state index contributed by atoms with van der Waals surface area (Å²) in [5, 5.41) is 12.2. The summed E-state index contributed by atoms with van der Waals surface area (Å²) in [6, 6.07) is 11.2. The number of rotatable bonds is 7. The van der Waals surface area contributed by atoms with E-state index in [0.717, 1.165) is 10.2 Å². The van der Waals surface area contributed by atoms with E-state index in [-0.39, 0.29) is 5.52 Å². The molecule has 0 radical (unpaired) electrons. The Kier molecular flexibility index (Phi) is 6.56. The first kappa shape index (κ1) is 23.3. The van der Waals surface area contributed by atoms with Crippen LogP contribution in [0.4, 0.5) is 5.69 Å². The zero-order valence-electron chi connectivity index (χ0n) is 19.1. The van der Waals surface area contributed by atoms with Crippen LogP contribution in [0, 0.1) is 6.92 Å². The Labute approximate surface area is 200 Å². The fourth-order valence-corrected chi connectivity index (χ4v) is 3.97. The summed E-state index contributed by atoms with van der Waals surface area (Å²) >= 11 is 6.18. The van der Waals surface area contributed by atoms with E-state index < -0.39 is 17.5 Å². The minimum atomic E-state index is -0.896. The Balaban J connectivity index is 1.78. The van der Waals surface area contributed by atoms with Gasteiger partial charge >= 0.3 is 0 Å². The maximum absolute atomic E-state index is 13.3. The number of benzene rings is 2. The van der Waals surface area contributed by atoms with Crippen molar-refractivity contribution in [3.8, 4) is 22.8 Å². The molecule has 1 unspecified atom stereocenters. The highest BCUT2D eigenvalue weighted by molar-refractivity contribution is 6.32. The van der Waals surface area contributed by atoms with Crippen molar-refractivity contribution in [3.63, 3.8) is 0 Å². The summed E-state index contributed by atoms with van der Waals surface area (Å²) in [7, 11) is 3.09. The molecule has 0 saturated heterocycles. The Morgan fingerprint density at radius 2 is 1.91 bits per heavy atom. The number of methoxy groups -OCH3 is 2. The van der Waals surface area contributed by atoms with Gasteiger partial charge in [0.05, 0.1) is 24.6 Å². The third-order valence-corrected chi connectivity index (χ3v) is 5.78. The van der Waals surface area contributed by atoms with Crippen molar-refractivity contribution in [2.75, 3.05) is 19.5 Å². The number of nitrogens with zero attached hydrogens (tertiary/aromatic N) is 3. The number of carbonyl (C=O) groups is 1. The summed E-state index contributed by atoms with van der Waals surface area (Å²) in [4.78, 5) is 26.5. The van der Waals surface area contributed by atoms with Crippen LogP contribution in [0.1, 0.15) is 25.1 Å². The highest BCUT2D eigenvalue weighted by Gasteiger charge is 2.26. The number of nitrogens with one attached hydrogen (secondary N) is 1. The van der Waals surface area contributed by atoms with Crippen LogP contribution in [0.3, 0.4) is 0 Å². The molecule has 1 atom stereocenters. The van der Waals surface area contributed by atoms with Gasteiger partial charge < -0.3 is 19.3 Å². The van der Waals surface area contributed by atoms with E-state index in [1.165, 1.54) is 7.11 Å². The number of aryl methyl sites for hydroxylation is 1. The molecule has 0 aliphatic carbocycles. The molecule has 0 fully saturated rings. The summed E-state index contributed by atoms with van der Waals surface area (Å²) in [6.07, 6.45) is 0.313. The predicted octanol–water partition coefficient (Wildman–Crippen LogP) is 4.62. The molecule has 0 bridgehead atoms. The van der Waals surface area contributed by atoms with Crippen molar-refractivity contribution in [2.24, 2.45) is 0 Å². The van der Waals surface area contributed by atoms with E-state index in [0.29, 0.717) is 45.5 Å². The second-order valence-electron chi connectivity index (χ2n) is 7.55. The molecule has 9 nitrogen and oxygen atoms in total. The molecule has 1 N–H and O–H groups in total. The smallest absolute Gasteiger partial charge is 0.297 e. The summed E-state index contributed by atoms with van der Waals surface area (Å²) in [5.41, 5.74) is 1.27. The number of anilines is 1. The van der Waals surface area contributed by atoms with E-state index in [4.69, 9.17) is 25.6 Å². The number of ether oxygens (including phenoxy) is 2.